The van der Waals surface area contributed by atoms with Gasteiger partial charge in [-0.15, -0.1) is 12.4 Å². The number of halogens is 1. The Labute approximate surface area is 301 Å². The van der Waals surface area contributed by atoms with Gasteiger partial charge in [-0.3, -0.25) is 14.5 Å². The lowest BCUT2D eigenvalue weighted by Crippen LogP contribution is -2.50. The van der Waals surface area contributed by atoms with Gasteiger partial charge in [0.25, 0.3) is 0 Å². The number of fused-ring (bicyclic) bond motifs is 2. The van der Waals surface area contributed by atoms with E-state index in [9.17, 15) is 18.0 Å². The molecule has 12 heteroatoms. The van der Waals surface area contributed by atoms with Crippen LogP contribution in [0.25, 0.3) is 10.8 Å². The highest BCUT2D eigenvalue weighted by atomic mass is 35.5. The minimum Gasteiger partial charge on any atom is -0.454 e. The van der Waals surface area contributed by atoms with Crippen molar-refractivity contribution < 1.29 is 27.5 Å². The molecule has 50 heavy (non-hydrogen) atoms. The fraction of sp³-hybridized carbons (Fsp3) is 0.368. The highest BCUT2D eigenvalue weighted by molar-refractivity contribution is 7.89. The third kappa shape index (κ3) is 9.54. The van der Waals surface area contributed by atoms with Crippen LogP contribution in [0.1, 0.15) is 56.8 Å². The fourth-order valence-electron chi connectivity index (χ4n) is 5.81. The van der Waals surface area contributed by atoms with Crippen LogP contribution in [0.2, 0.25) is 0 Å². The number of likely N-dealkylation sites (N-methyl/N-ethyl adjacent to an activating group) is 1. The van der Waals surface area contributed by atoms with Gasteiger partial charge in [-0.25, -0.2) is 13.1 Å². The summed E-state index contributed by atoms with van der Waals surface area (Å²) in [5.41, 5.74) is 2.60. The highest BCUT2D eigenvalue weighted by Crippen LogP contribution is 2.35. The van der Waals surface area contributed by atoms with Crippen molar-refractivity contribution in [3.05, 3.63) is 102 Å². The number of benzene rings is 4. The first kappa shape index (κ1) is 38.6. The lowest BCUT2D eigenvalue weighted by molar-refractivity contribution is -0.136. The molecule has 2 amide bonds. The number of sulfonamides is 1. The van der Waals surface area contributed by atoms with Crippen molar-refractivity contribution in [1.29, 1.82) is 0 Å². The number of rotatable bonds is 15. The predicted molar refractivity (Wildman–Crippen MR) is 198 cm³/mol. The summed E-state index contributed by atoms with van der Waals surface area (Å²) in [7, 11) is -2.36. The van der Waals surface area contributed by atoms with E-state index in [1.54, 1.807) is 48.3 Å². The van der Waals surface area contributed by atoms with Crippen molar-refractivity contribution in [3.63, 3.8) is 0 Å². The predicted octanol–water partition coefficient (Wildman–Crippen LogP) is 5.84. The summed E-state index contributed by atoms with van der Waals surface area (Å²) in [6.07, 6.45) is 0.0229. The topological polar surface area (TPSA) is 117 Å². The third-order valence-corrected chi connectivity index (χ3v) is 10.5. The smallest absolute Gasteiger partial charge is 0.245 e. The second-order valence-corrected chi connectivity index (χ2v) is 14.4. The second-order valence-electron chi connectivity index (χ2n) is 12.6. The van der Waals surface area contributed by atoms with E-state index in [0.29, 0.717) is 17.1 Å². The van der Waals surface area contributed by atoms with Gasteiger partial charge in [0.15, 0.2) is 11.5 Å². The second kappa shape index (κ2) is 17.2. The van der Waals surface area contributed by atoms with E-state index in [2.05, 4.69) is 40.9 Å². The monoisotopic (exact) mass is 722 g/mol. The molecule has 268 valence electrons. The molecule has 5 rings (SSSR count). The van der Waals surface area contributed by atoms with Gasteiger partial charge >= 0.3 is 0 Å². The van der Waals surface area contributed by atoms with Crippen molar-refractivity contribution in [2.45, 2.75) is 70.1 Å². The summed E-state index contributed by atoms with van der Waals surface area (Å²) in [5, 5.41) is 4.63. The minimum atomic E-state index is -4.07. The van der Waals surface area contributed by atoms with Gasteiger partial charge in [-0.2, -0.15) is 0 Å². The Kier molecular flexibility index (Phi) is 13.3. The van der Waals surface area contributed by atoms with E-state index < -0.39 is 28.0 Å². The number of hydrogen-bond acceptors (Lipinski definition) is 7. The molecular formula is C38H47ClN4O6S. The summed E-state index contributed by atoms with van der Waals surface area (Å²) in [6.45, 7) is 10.9. The lowest BCUT2D eigenvalue weighted by Gasteiger charge is -2.28. The molecule has 0 radical (unpaired) electrons. The van der Waals surface area contributed by atoms with Crippen LogP contribution in [-0.4, -0.2) is 69.0 Å². The first-order valence-corrected chi connectivity index (χ1v) is 18.2. The quantitative estimate of drug-likeness (QED) is 0.159. The first-order chi connectivity index (χ1) is 23.5. The Bertz CT molecular complexity index is 1880. The third-order valence-electron chi connectivity index (χ3n) is 9.04. The van der Waals surface area contributed by atoms with Gasteiger partial charge in [-0.05, 0) is 78.7 Å². The summed E-state index contributed by atoms with van der Waals surface area (Å²) < 4.78 is 41.3. The van der Waals surface area contributed by atoms with Gasteiger partial charge in [0, 0.05) is 32.5 Å². The highest BCUT2D eigenvalue weighted by Gasteiger charge is 2.30. The average Bonchev–Trinajstić information content (AvgIpc) is 3.58. The van der Waals surface area contributed by atoms with Gasteiger partial charge in [0.1, 0.15) is 6.04 Å². The molecule has 0 saturated carbocycles. The molecule has 0 aromatic heterocycles. The molecular weight excluding hydrogens is 676 g/mol. The number of carbonyl (C=O) groups is 2. The molecule has 1 aliphatic heterocycles. The number of carbonyl (C=O) groups excluding carboxylic acids is 2. The van der Waals surface area contributed by atoms with Crippen molar-refractivity contribution >= 4 is 45.0 Å². The molecule has 1 aliphatic rings. The fourth-order valence-corrected chi connectivity index (χ4v) is 7.07. The number of ether oxygens (including phenoxy) is 2. The van der Waals surface area contributed by atoms with Gasteiger partial charge < -0.3 is 19.7 Å². The molecule has 0 spiro atoms. The zero-order chi connectivity index (χ0) is 35.1. The van der Waals surface area contributed by atoms with Crippen LogP contribution in [-0.2, 0) is 32.6 Å². The molecule has 0 saturated heterocycles. The van der Waals surface area contributed by atoms with Crippen LogP contribution < -0.4 is 19.5 Å². The maximum absolute atomic E-state index is 13.8. The molecule has 0 fully saturated rings. The molecule has 2 atom stereocenters. The van der Waals surface area contributed by atoms with Gasteiger partial charge in [0.05, 0.1) is 10.9 Å². The number of nitrogens with one attached hydrogen (secondary N) is 2. The Morgan fingerprint density at radius 3 is 2.18 bits per heavy atom. The van der Waals surface area contributed by atoms with Crippen molar-refractivity contribution in [3.8, 4) is 11.5 Å². The summed E-state index contributed by atoms with van der Waals surface area (Å²) in [5.74, 6) is 0.295. The number of hydrogen-bond donors (Lipinski definition) is 2. The molecule has 1 heterocycles. The van der Waals surface area contributed by atoms with E-state index >= 15 is 0 Å². The van der Waals surface area contributed by atoms with Crippen molar-refractivity contribution in [2.24, 2.45) is 0 Å². The maximum atomic E-state index is 13.8. The van der Waals surface area contributed by atoms with Crippen LogP contribution in [0.4, 0.5) is 0 Å². The molecule has 0 aliphatic carbocycles. The van der Waals surface area contributed by atoms with Crippen LogP contribution >= 0.6 is 12.4 Å². The summed E-state index contributed by atoms with van der Waals surface area (Å²) >= 11 is 0. The largest absolute Gasteiger partial charge is 0.454 e. The van der Waals surface area contributed by atoms with Crippen LogP contribution in [0, 0.1) is 0 Å². The minimum absolute atomic E-state index is 0. The SMILES string of the molecule is CCN(CC)Cc1ccc(CC(NC(=O)CC(NS(=O)(=O)c2ccc3ccccc3c2)c2ccc3c(c2)OCO3)C(=O)N(C)C(C)C)cc1.Cl. The first-order valence-electron chi connectivity index (χ1n) is 16.7. The van der Waals surface area contributed by atoms with Crippen LogP contribution in [0.3, 0.4) is 0 Å². The van der Waals surface area contributed by atoms with E-state index in [4.69, 9.17) is 9.47 Å². The molecule has 2 N–H and O–H groups in total. The van der Waals surface area contributed by atoms with Gasteiger partial charge in [-0.1, -0.05) is 74.5 Å². The Balaban J connectivity index is 0.00000562. The normalized spacial score (nSPS) is 13.6. The molecule has 4 aromatic carbocycles. The molecule has 4 aromatic rings. The standard InChI is InChI=1S/C38H46N4O6S.ClH/c1-6-42(7-2)24-28-14-12-27(13-15-28)20-34(38(44)41(5)26(3)4)39-37(43)23-33(31-17-19-35-36(22-31)48-25-47-35)40-49(45,46)32-18-16-29-10-8-9-11-30(29)21-32;/h8-19,21-22,26,33-34,40H,6-7,20,23-25H2,1-5H3,(H,39,43);1H. The summed E-state index contributed by atoms with van der Waals surface area (Å²) in [6, 6.07) is 23.7. The lowest BCUT2D eigenvalue weighted by atomic mass is 10.0. The number of nitrogens with zero attached hydrogens (tertiary/aromatic N) is 2. The van der Waals surface area contributed by atoms with Crippen LogP contribution in [0.5, 0.6) is 11.5 Å². The Morgan fingerprint density at radius 2 is 1.50 bits per heavy atom. The van der Waals surface area contributed by atoms with E-state index in [1.807, 2.05) is 50.2 Å². The number of amides is 2. The van der Waals surface area contributed by atoms with Crippen molar-refractivity contribution in [1.82, 2.24) is 19.8 Å². The van der Waals surface area contributed by atoms with Gasteiger partial charge in [0.2, 0.25) is 28.6 Å². The van der Waals surface area contributed by atoms with Crippen LogP contribution in [0.15, 0.2) is 89.8 Å². The van der Waals surface area contributed by atoms with E-state index in [1.165, 1.54) is 5.56 Å². The Morgan fingerprint density at radius 1 is 0.840 bits per heavy atom. The molecule has 2 unspecified atom stereocenters. The Hall–Kier alpha value is -4.16. The zero-order valence-corrected chi connectivity index (χ0v) is 30.9. The zero-order valence-electron chi connectivity index (χ0n) is 29.2. The molecule has 10 nitrogen and oxygen atoms in total. The maximum Gasteiger partial charge on any atom is 0.245 e. The van der Waals surface area contributed by atoms with E-state index in [0.717, 1.165) is 36.0 Å². The van der Waals surface area contributed by atoms with E-state index in [-0.39, 0.29) is 48.9 Å². The molecule has 0 bridgehead atoms. The summed E-state index contributed by atoms with van der Waals surface area (Å²) in [4.78, 5) is 31.5. The average molecular weight is 723 g/mol. The van der Waals surface area contributed by atoms with Crippen molar-refractivity contribution in [2.75, 3.05) is 26.9 Å².